The highest BCUT2D eigenvalue weighted by atomic mass is 79.9. The first kappa shape index (κ1) is 15.0. The number of hydrogen-bond donors (Lipinski definition) is 1. The molecule has 0 bridgehead atoms. The molecule has 1 fully saturated rings. The van der Waals surface area contributed by atoms with Crippen LogP contribution in [0.2, 0.25) is 0 Å². The summed E-state index contributed by atoms with van der Waals surface area (Å²) < 4.78 is 27.5. The number of aliphatic hydroxyl groups excluding tert-OH is 1. The van der Waals surface area contributed by atoms with E-state index >= 15 is 0 Å². The van der Waals surface area contributed by atoms with Crippen LogP contribution >= 0.6 is 15.9 Å². The summed E-state index contributed by atoms with van der Waals surface area (Å²) in [7, 11) is -3.44. The zero-order chi connectivity index (χ0) is 13.9. The lowest BCUT2D eigenvalue weighted by atomic mass is 10.1. The highest BCUT2D eigenvalue weighted by Gasteiger charge is 2.35. The zero-order valence-corrected chi connectivity index (χ0v) is 13.0. The van der Waals surface area contributed by atoms with Gasteiger partial charge in [0, 0.05) is 23.7 Å². The fraction of sp³-hybridized carbons (Fsp3) is 0.538. The first-order valence-electron chi connectivity index (χ1n) is 6.44. The zero-order valence-electron chi connectivity index (χ0n) is 10.6. The van der Waals surface area contributed by atoms with Crippen LogP contribution in [-0.2, 0) is 10.0 Å². The lowest BCUT2D eigenvalue weighted by Gasteiger charge is -2.24. The van der Waals surface area contributed by atoms with E-state index in [0.717, 1.165) is 19.3 Å². The monoisotopic (exact) mass is 347 g/mol. The van der Waals surface area contributed by atoms with Crippen LogP contribution in [0.4, 0.5) is 0 Å². The van der Waals surface area contributed by atoms with Gasteiger partial charge in [0.25, 0.3) is 0 Å². The predicted octanol–water partition coefficient (Wildman–Crippen LogP) is 2.37. The molecule has 0 radical (unpaired) electrons. The molecule has 0 aliphatic carbocycles. The van der Waals surface area contributed by atoms with Crippen LogP contribution in [0.15, 0.2) is 33.6 Å². The number of rotatable bonds is 5. The molecule has 1 aromatic carbocycles. The van der Waals surface area contributed by atoms with Crippen molar-refractivity contribution in [1.82, 2.24) is 4.31 Å². The number of sulfonamides is 1. The van der Waals surface area contributed by atoms with Gasteiger partial charge in [-0.1, -0.05) is 12.1 Å². The van der Waals surface area contributed by atoms with Gasteiger partial charge in [-0.05, 0) is 53.7 Å². The van der Waals surface area contributed by atoms with Crippen LogP contribution in [0.1, 0.15) is 25.7 Å². The normalized spacial score (nSPS) is 20.8. The Labute approximate surface area is 122 Å². The number of halogens is 1. The van der Waals surface area contributed by atoms with Crippen molar-refractivity contribution in [2.75, 3.05) is 13.2 Å². The van der Waals surface area contributed by atoms with E-state index in [0.29, 0.717) is 22.3 Å². The summed E-state index contributed by atoms with van der Waals surface area (Å²) in [5, 5.41) is 8.90. The van der Waals surface area contributed by atoms with E-state index in [9.17, 15) is 8.42 Å². The molecule has 6 heteroatoms. The van der Waals surface area contributed by atoms with Gasteiger partial charge in [0.2, 0.25) is 10.0 Å². The van der Waals surface area contributed by atoms with E-state index in [-0.39, 0.29) is 12.6 Å². The minimum atomic E-state index is -3.44. The van der Waals surface area contributed by atoms with Crippen LogP contribution in [0.3, 0.4) is 0 Å². The molecule has 1 atom stereocenters. The highest BCUT2D eigenvalue weighted by Crippen LogP contribution is 2.31. The van der Waals surface area contributed by atoms with Gasteiger partial charge in [-0.25, -0.2) is 8.42 Å². The first-order chi connectivity index (χ1) is 9.07. The molecule has 106 valence electrons. The fourth-order valence-corrected chi connectivity index (χ4v) is 5.21. The minimum Gasteiger partial charge on any atom is -0.396 e. The molecule has 1 aliphatic heterocycles. The molecule has 0 spiro atoms. The number of benzene rings is 1. The van der Waals surface area contributed by atoms with Crippen molar-refractivity contribution in [2.24, 2.45) is 0 Å². The Balaban J connectivity index is 2.26. The van der Waals surface area contributed by atoms with Gasteiger partial charge in [-0.3, -0.25) is 0 Å². The summed E-state index contributed by atoms with van der Waals surface area (Å²) in [5.41, 5.74) is 0. The molecule has 1 heterocycles. The van der Waals surface area contributed by atoms with Crippen molar-refractivity contribution >= 4 is 26.0 Å². The Morgan fingerprint density at radius 3 is 2.79 bits per heavy atom. The molecule has 4 nitrogen and oxygen atoms in total. The van der Waals surface area contributed by atoms with E-state index in [1.165, 1.54) is 0 Å². The van der Waals surface area contributed by atoms with E-state index < -0.39 is 10.0 Å². The second kappa shape index (κ2) is 6.35. The quantitative estimate of drug-likeness (QED) is 0.889. The SMILES string of the molecule is O=S(=O)(c1ccccc1Br)N1CCCC1CCCO. The van der Waals surface area contributed by atoms with Crippen molar-refractivity contribution in [3.05, 3.63) is 28.7 Å². The average Bonchev–Trinajstić information content (AvgIpc) is 2.85. The summed E-state index contributed by atoms with van der Waals surface area (Å²) in [5.74, 6) is 0. The number of nitrogens with zero attached hydrogens (tertiary/aromatic N) is 1. The third-order valence-electron chi connectivity index (χ3n) is 3.44. The minimum absolute atomic E-state index is 0.0178. The largest absolute Gasteiger partial charge is 0.396 e. The lowest BCUT2D eigenvalue weighted by Crippen LogP contribution is -2.35. The number of aliphatic hydroxyl groups is 1. The van der Waals surface area contributed by atoms with Gasteiger partial charge in [-0.15, -0.1) is 0 Å². The highest BCUT2D eigenvalue weighted by molar-refractivity contribution is 9.10. The van der Waals surface area contributed by atoms with Crippen molar-refractivity contribution in [3.8, 4) is 0 Å². The predicted molar refractivity (Wildman–Crippen MR) is 77.4 cm³/mol. The van der Waals surface area contributed by atoms with Crippen molar-refractivity contribution in [2.45, 2.75) is 36.6 Å². The number of hydrogen-bond acceptors (Lipinski definition) is 3. The Bertz CT molecular complexity index is 532. The molecule has 2 rings (SSSR count). The van der Waals surface area contributed by atoms with E-state index in [1.807, 2.05) is 0 Å². The lowest BCUT2D eigenvalue weighted by molar-refractivity contribution is 0.264. The Morgan fingerprint density at radius 2 is 2.11 bits per heavy atom. The first-order valence-corrected chi connectivity index (χ1v) is 8.68. The van der Waals surface area contributed by atoms with Crippen molar-refractivity contribution < 1.29 is 13.5 Å². The molecule has 1 N–H and O–H groups in total. The van der Waals surface area contributed by atoms with Crippen LogP contribution in [0, 0.1) is 0 Å². The molecular formula is C13H18BrNO3S. The van der Waals surface area contributed by atoms with E-state index in [1.54, 1.807) is 28.6 Å². The van der Waals surface area contributed by atoms with Crippen LogP contribution in [0.5, 0.6) is 0 Å². The summed E-state index contributed by atoms with van der Waals surface area (Å²) in [6.07, 6.45) is 3.14. The van der Waals surface area contributed by atoms with Gasteiger partial charge in [-0.2, -0.15) is 4.31 Å². The maximum Gasteiger partial charge on any atom is 0.244 e. The molecule has 1 aliphatic rings. The molecule has 19 heavy (non-hydrogen) atoms. The van der Waals surface area contributed by atoms with Gasteiger partial charge < -0.3 is 5.11 Å². The summed E-state index contributed by atoms with van der Waals surface area (Å²) >= 11 is 3.31. The maximum atomic E-state index is 12.7. The van der Waals surface area contributed by atoms with Gasteiger partial charge in [0.05, 0.1) is 4.90 Å². The fourth-order valence-electron chi connectivity index (χ4n) is 2.52. The summed E-state index contributed by atoms with van der Waals surface area (Å²) in [4.78, 5) is 0.325. The Morgan fingerprint density at radius 1 is 1.37 bits per heavy atom. The molecular weight excluding hydrogens is 330 g/mol. The van der Waals surface area contributed by atoms with Gasteiger partial charge in [0.15, 0.2) is 0 Å². The van der Waals surface area contributed by atoms with E-state index in [2.05, 4.69) is 15.9 Å². The molecule has 1 saturated heterocycles. The van der Waals surface area contributed by atoms with Crippen molar-refractivity contribution in [3.63, 3.8) is 0 Å². The maximum absolute atomic E-state index is 12.7. The topological polar surface area (TPSA) is 57.6 Å². The molecule has 1 aromatic rings. The van der Waals surface area contributed by atoms with Gasteiger partial charge >= 0.3 is 0 Å². The van der Waals surface area contributed by atoms with Crippen LogP contribution in [-0.4, -0.2) is 37.0 Å². The van der Waals surface area contributed by atoms with Crippen LogP contribution < -0.4 is 0 Å². The van der Waals surface area contributed by atoms with Crippen molar-refractivity contribution in [1.29, 1.82) is 0 Å². The second-order valence-electron chi connectivity index (χ2n) is 4.71. The second-order valence-corrected chi connectivity index (χ2v) is 7.42. The average molecular weight is 348 g/mol. The molecule has 0 aromatic heterocycles. The smallest absolute Gasteiger partial charge is 0.244 e. The van der Waals surface area contributed by atoms with Gasteiger partial charge in [0.1, 0.15) is 0 Å². The Kier molecular flexibility index (Phi) is 5.00. The third kappa shape index (κ3) is 3.18. The molecule has 0 amide bonds. The van der Waals surface area contributed by atoms with Crippen LogP contribution in [0.25, 0.3) is 0 Å². The van der Waals surface area contributed by atoms with E-state index in [4.69, 9.17) is 5.11 Å². The summed E-state index contributed by atoms with van der Waals surface area (Å²) in [6.45, 7) is 0.680. The summed E-state index contributed by atoms with van der Waals surface area (Å²) in [6, 6.07) is 6.92. The third-order valence-corrected chi connectivity index (χ3v) is 6.41. The molecule has 1 unspecified atom stereocenters. The standard InChI is InChI=1S/C13H18BrNO3S/c14-12-7-1-2-8-13(12)19(17,18)15-9-3-5-11(15)6-4-10-16/h1-2,7-8,11,16H,3-6,9-10H2. The molecule has 0 saturated carbocycles. The Hall–Kier alpha value is -0.430.